The molecule has 1 aromatic rings. The van der Waals surface area contributed by atoms with Crippen LogP contribution in [-0.4, -0.2) is 23.5 Å². The molecular weight excluding hydrogens is 256 g/mol. The van der Waals surface area contributed by atoms with E-state index >= 15 is 0 Å². The van der Waals surface area contributed by atoms with Crippen LogP contribution in [0.25, 0.3) is 0 Å². The number of hydrogen-bond donors (Lipinski definition) is 3. The highest BCUT2D eigenvalue weighted by Gasteiger charge is 2.10. The molecule has 0 saturated carbocycles. The molecule has 0 spiro atoms. The highest BCUT2D eigenvalue weighted by atomic mass is 35.5. The average molecular weight is 271 g/mol. The van der Waals surface area contributed by atoms with Crippen molar-refractivity contribution in [1.29, 1.82) is 0 Å². The molecule has 0 radical (unpaired) electrons. The summed E-state index contributed by atoms with van der Waals surface area (Å²) >= 11 is 5.84. The van der Waals surface area contributed by atoms with Crippen LogP contribution < -0.4 is 11.1 Å². The van der Waals surface area contributed by atoms with Crippen molar-refractivity contribution in [2.24, 2.45) is 5.73 Å². The molecule has 1 rings (SSSR count). The van der Waals surface area contributed by atoms with Gasteiger partial charge in [0.05, 0.1) is 10.6 Å². The minimum atomic E-state index is -0.352. The molecular formula is C12H15ClN2O3. The SMILES string of the molecule is NC(=O)CCCCNC(=O)c1cc(O)ccc1Cl. The summed E-state index contributed by atoms with van der Waals surface area (Å²) in [4.78, 5) is 22.2. The fourth-order valence-corrected chi connectivity index (χ4v) is 1.61. The lowest BCUT2D eigenvalue weighted by Crippen LogP contribution is -2.25. The van der Waals surface area contributed by atoms with Crippen molar-refractivity contribution < 1.29 is 14.7 Å². The number of benzene rings is 1. The van der Waals surface area contributed by atoms with Gasteiger partial charge >= 0.3 is 0 Å². The molecule has 2 amide bonds. The maximum Gasteiger partial charge on any atom is 0.252 e. The highest BCUT2D eigenvalue weighted by molar-refractivity contribution is 6.33. The number of nitrogens with one attached hydrogen (secondary N) is 1. The van der Waals surface area contributed by atoms with E-state index < -0.39 is 0 Å². The van der Waals surface area contributed by atoms with Crippen molar-refractivity contribution in [1.82, 2.24) is 5.32 Å². The van der Waals surface area contributed by atoms with Crippen LogP contribution in [0.15, 0.2) is 18.2 Å². The molecule has 0 aliphatic carbocycles. The maximum absolute atomic E-state index is 11.7. The van der Waals surface area contributed by atoms with Crippen molar-refractivity contribution >= 4 is 23.4 Å². The topological polar surface area (TPSA) is 92.4 Å². The molecule has 4 N–H and O–H groups in total. The Morgan fingerprint density at radius 3 is 2.72 bits per heavy atom. The molecule has 0 aliphatic rings. The standard InChI is InChI=1S/C12H15ClN2O3/c13-10-5-4-8(16)7-9(10)12(18)15-6-2-1-3-11(14)17/h4-5,7,16H,1-3,6H2,(H2,14,17)(H,15,18). The van der Waals surface area contributed by atoms with E-state index in [1.807, 2.05) is 0 Å². The zero-order valence-corrected chi connectivity index (χ0v) is 10.5. The van der Waals surface area contributed by atoms with Gasteiger partial charge in [-0.15, -0.1) is 0 Å². The molecule has 0 fully saturated rings. The second-order valence-corrected chi connectivity index (χ2v) is 4.25. The number of nitrogens with two attached hydrogens (primary N) is 1. The first-order valence-corrected chi connectivity index (χ1v) is 5.93. The third kappa shape index (κ3) is 4.63. The first-order chi connectivity index (χ1) is 8.50. The van der Waals surface area contributed by atoms with Gasteiger partial charge in [-0.1, -0.05) is 11.6 Å². The summed E-state index contributed by atoms with van der Waals surface area (Å²) in [7, 11) is 0. The largest absolute Gasteiger partial charge is 0.508 e. The fourth-order valence-electron chi connectivity index (χ4n) is 1.41. The fraction of sp³-hybridized carbons (Fsp3) is 0.333. The zero-order chi connectivity index (χ0) is 13.5. The number of carbonyl (C=O) groups is 2. The Morgan fingerprint density at radius 1 is 1.33 bits per heavy atom. The van der Waals surface area contributed by atoms with Crippen molar-refractivity contribution in [3.63, 3.8) is 0 Å². The number of rotatable bonds is 6. The van der Waals surface area contributed by atoms with Crippen molar-refractivity contribution in [2.75, 3.05) is 6.54 Å². The second kappa shape index (κ2) is 6.86. The summed E-state index contributed by atoms with van der Waals surface area (Å²) in [6, 6.07) is 4.17. The van der Waals surface area contributed by atoms with Crippen LogP contribution >= 0.6 is 11.6 Å². The molecule has 0 unspecified atom stereocenters. The number of aromatic hydroxyl groups is 1. The van der Waals surface area contributed by atoms with E-state index in [9.17, 15) is 14.7 Å². The summed E-state index contributed by atoms with van der Waals surface area (Å²) in [6.45, 7) is 0.429. The predicted molar refractivity (Wildman–Crippen MR) is 68.5 cm³/mol. The van der Waals surface area contributed by atoms with Crippen LogP contribution in [0, 0.1) is 0 Å². The molecule has 1 aromatic carbocycles. The van der Waals surface area contributed by atoms with Gasteiger partial charge in [0.15, 0.2) is 0 Å². The molecule has 18 heavy (non-hydrogen) atoms. The van der Waals surface area contributed by atoms with Gasteiger partial charge in [0.2, 0.25) is 5.91 Å². The Morgan fingerprint density at radius 2 is 2.06 bits per heavy atom. The molecule has 0 saturated heterocycles. The van der Waals surface area contributed by atoms with Crippen molar-refractivity contribution in [2.45, 2.75) is 19.3 Å². The predicted octanol–water partition coefficient (Wildman–Crippen LogP) is 1.43. The van der Waals surface area contributed by atoms with Gasteiger partial charge in [-0.3, -0.25) is 9.59 Å². The van der Waals surface area contributed by atoms with E-state index in [-0.39, 0.29) is 28.1 Å². The van der Waals surface area contributed by atoms with Crippen LogP contribution in [0.5, 0.6) is 5.75 Å². The van der Waals surface area contributed by atoms with Crippen molar-refractivity contribution in [3.05, 3.63) is 28.8 Å². The Kier molecular flexibility index (Phi) is 5.45. The smallest absolute Gasteiger partial charge is 0.252 e. The van der Waals surface area contributed by atoms with Gasteiger partial charge < -0.3 is 16.2 Å². The van der Waals surface area contributed by atoms with Gasteiger partial charge in [0, 0.05) is 13.0 Å². The van der Waals surface area contributed by atoms with Crippen LogP contribution in [0.1, 0.15) is 29.6 Å². The first kappa shape index (κ1) is 14.3. The normalized spacial score (nSPS) is 10.1. The number of phenols is 1. The Hall–Kier alpha value is -1.75. The lowest BCUT2D eigenvalue weighted by molar-refractivity contribution is -0.118. The number of carbonyl (C=O) groups excluding carboxylic acids is 2. The van der Waals surface area contributed by atoms with E-state index in [2.05, 4.69) is 5.32 Å². The molecule has 98 valence electrons. The van der Waals surface area contributed by atoms with E-state index in [0.29, 0.717) is 25.8 Å². The quantitative estimate of drug-likeness (QED) is 0.683. The van der Waals surface area contributed by atoms with Gasteiger partial charge in [-0.2, -0.15) is 0 Å². The number of unbranched alkanes of at least 4 members (excludes halogenated alkanes) is 1. The molecule has 5 nitrogen and oxygen atoms in total. The number of phenolic OH excluding ortho intramolecular Hbond substituents is 1. The summed E-state index contributed by atoms with van der Waals surface area (Å²) in [5.41, 5.74) is 5.22. The Bertz CT molecular complexity index is 449. The van der Waals surface area contributed by atoms with Gasteiger partial charge in [-0.05, 0) is 31.0 Å². The summed E-state index contributed by atoms with van der Waals surface area (Å²) in [5.74, 6) is -0.717. The molecule has 0 aromatic heterocycles. The van der Waals surface area contributed by atoms with Crippen LogP contribution in [0.3, 0.4) is 0 Å². The average Bonchev–Trinajstić information content (AvgIpc) is 2.31. The highest BCUT2D eigenvalue weighted by Crippen LogP contribution is 2.20. The van der Waals surface area contributed by atoms with E-state index in [4.69, 9.17) is 17.3 Å². The van der Waals surface area contributed by atoms with Crippen LogP contribution in [0.2, 0.25) is 5.02 Å². The minimum absolute atomic E-state index is 0.0155. The third-order valence-electron chi connectivity index (χ3n) is 2.33. The van der Waals surface area contributed by atoms with Gasteiger partial charge in [0.1, 0.15) is 5.75 Å². The Balaban J connectivity index is 2.41. The summed E-state index contributed by atoms with van der Waals surface area (Å²) in [6.07, 6.45) is 1.59. The Labute approximate surface area is 110 Å². The number of amides is 2. The number of primary amides is 1. The lowest BCUT2D eigenvalue weighted by Gasteiger charge is -2.06. The molecule has 6 heteroatoms. The first-order valence-electron chi connectivity index (χ1n) is 5.55. The number of hydrogen-bond acceptors (Lipinski definition) is 3. The molecule has 0 bridgehead atoms. The van der Waals surface area contributed by atoms with E-state index in [1.54, 1.807) is 0 Å². The molecule has 0 atom stereocenters. The van der Waals surface area contributed by atoms with Gasteiger partial charge in [-0.25, -0.2) is 0 Å². The molecule has 0 heterocycles. The van der Waals surface area contributed by atoms with Gasteiger partial charge in [0.25, 0.3) is 5.91 Å². The van der Waals surface area contributed by atoms with Crippen molar-refractivity contribution in [3.8, 4) is 5.75 Å². The minimum Gasteiger partial charge on any atom is -0.508 e. The summed E-state index contributed by atoms with van der Waals surface area (Å²) < 4.78 is 0. The lowest BCUT2D eigenvalue weighted by atomic mass is 10.2. The zero-order valence-electron chi connectivity index (χ0n) is 9.78. The summed E-state index contributed by atoms with van der Waals surface area (Å²) in [5, 5.41) is 12.2. The maximum atomic E-state index is 11.7. The number of halogens is 1. The molecule has 0 aliphatic heterocycles. The van der Waals surface area contributed by atoms with Crippen LogP contribution in [-0.2, 0) is 4.79 Å². The second-order valence-electron chi connectivity index (χ2n) is 3.84. The van der Waals surface area contributed by atoms with E-state index in [1.165, 1.54) is 18.2 Å². The van der Waals surface area contributed by atoms with Crippen LogP contribution in [0.4, 0.5) is 0 Å². The monoisotopic (exact) mass is 270 g/mol. The third-order valence-corrected chi connectivity index (χ3v) is 2.66. The van der Waals surface area contributed by atoms with E-state index in [0.717, 1.165) is 0 Å².